The van der Waals surface area contributed by atoms with Gasteiger partial charge in [0.25, 0.3) is 0 Å². The lowest BCUT2D eigenvalue weighted by molar-refractivity contribution is -0.118. The summed E-state index contributed by atoms with van der Waals surface area (Å²) in [5.41, 5.74) is -0.898. The molecule has 0 aliphatic carbocycles. The van der Waals surface area contributed by atoms with Gasteiger partial charge < -0.3 is 5.32 Å². The third kappa shape index (κ3) is 5.27. The lowest BCUT2D eigenvalue weighted by atomic mass is 10.2. The summed E-state index contributed by atoms with van der Waals surface area (Å²) >= 11 is 0. The maximum absolute atomic E-state index is 11.9. The van der Waals surface area contributed by atoms with Crippen molar-refractivity contribution in [1.82, 2.24) is 5.32 Å². The van der Waals surface area contributed by atoms with Crippen LogP contribution in [0.3, 0.4) is 0 Å². The summed E-state index contributed by atoms with van der Waals surface area (Å²) < 4.78 is 35.7. The van der Waals surface area contributed by atoms with Crippen molar-refractivity contribution in [2.45, 2.75) is 33.0 Å². The molecular weight excluding hydrogens is 183 g/mol. The van der Waals surface area contributed by atoms with Crippen LogP contribution in [0.4, 0.5) is 13.2 Å². The topological polar surface area (TPSA) is 29.1 Å². The molecule has 0 fully saturated rings. The van der Waals surface area contributed by atoms with Crippen molar-refractivity contribution in [3.8, 4) is 0 Å². The van der Waals surface area contributed by atoms with Gasteiger partial charge in [0, 0.05) is 17.7 Å². The fraction of sp³-hybridized carbons (Fsp3) is 0.625. The minimum absolute atomic E-state index is 0.162. The Morgan fingerprint density at radius 3 is 2.15 bits per heavy atom. The summed E-state index contributed by atoms with van der Waals surface area (Å²) in [5, 5.41) is 2.33. The van der Waals surface area contributed by atoms with Crippen molar-refractivity contribution in [3.05, 3.63) is 11.6 Å². The number of hydrogen-bond acceptors (Lipinski definition) is 1. The van der Waals surface area contributed by atoms with Crippen molar-refractivity contribution >= 4 is 5.91 Å². The van der Waals surface area contributed by atoms with Crippen molar-refractivity contribution in [2.75, 3.05) is 0 Å². The molecule has 1 amide bonds. The number of carbonyl (C=O) groups excluding carboxylic acids is 1. The van der Waals surface area contributed by atoms with E-state index in [1.807, 2.05) is 0 Å². The monoisotopic (exact) mass is 195 g/mol. The fourth-order valence-corrected chi connectivity index (χ4v) is 0.605. The molecule has 0 saturated heterocycles. The summed E-state index contributed by atoms with van der Waals surface area (Å²) in [6.07, 6.45) is -3.87. The molecular formula is C8H12F3NO. The lowest BCUT2D eigenvalue weighted by Crippen LogP contribution is -2.29. The van der Waals surface area contributed by atoms with Gasteiger partial charge in [0.05, 0.1) is 0 Å². The summed E-state index contributed by atoms with van der Waals surface area (Å²) in [6, 6.07) is -0.162. The van der Waals surface area contributed by atoms with Gasteiger partial charge in [0.1, 0.15) is 0 Å². The quantitative estimate of drug-likeness (QED) is 0.671. The van der Waals surface area contributed by atoms with Crippen LogP contribution in [-0.4, -0.2) is 18.1 Å². The second-order valence-electron chi connectivity index (χ2n) is 2.99. The van der Waals surface area contributed by atoms with Crippen molar-refractivity contribution in [1.29, 1.82) is 0 Å². The summed E-state index contributed by atoms with van der Waals surface area (Å²) in [4.78, 5) is 10.8. The number of amides is 1. The zero-order valence-electron chi connectivity index (χ0n) is 7.70. The minimum atomic E-state index is -4.42. The van der Waals surface area contributed by atoms with E-state index in [9.17, 15) is 18.0 Å². The molecule has 0 bridgehead atoms. The van der Waals surface area contributed by atoms with Crippen molar-refractivity contribution in [2.24, 2.45) is 0 Å². The van der Waals surface area contributed by atoms with E-state index >= 15 is 0 Å². The Bertz CT molecular complexity index is 218. The highest BCUT2D eigenvalue weighted by atomic mass is 19.4. The molecule has 1 N–H and O–H groups in total. The average molecular weight is 195 g/mol. The standard InChI is InChI=1S/C8H12F3NO/c1-5(2)12-7(13)4-6(3)8(9,10)11/h4-5H,1-3H3,(H,12,13). The Hall–Kier alpha value is -1.00. The molecule has 76 valence electrons. The number of carbonyl (C=O) groups is 1. The van der Waals surface area contributed by atoms with Crippen LogP contribution in [0.25, 0.3) is 0 Å². The molecule has 0 aliphatic rings. The van der Waals surface area contributed by atoms with Crippen LogP contribution in [-0.2, 0) is 4.79 Å². The second kappa shape index (κ2) is 4.30. The molecule has 2 nitrogen and oxygen atoms in total. The molecule has 0 aromatic rings. The Kier molecular flexibility index (Phi) is 3.97. The third-order valence-corrected chi connectivity index (χ3v) is 1.23. The number of halogens is 3. The SMILES string of the molecule is CC(=CC(=O)NC(C)C)C(F)(F)F. The van der Waals surface area contributed by atoms with Gasteiger partial charge in [0.2, 0.25) is 5.91 Å². The molecule has 0 saturated carbocycles. The fourth-order valence-electron chi connectivity index (χ4n) is 0.605. The largest absolute Gasteiger partial charge is 0.412 e. The highest BCUT2D eigenvalue weighted by molar-refractivity contribution is 5.88. The third-order valence-electron chi connectivity index (χ3n) is 1.23. The number of rotatable bonds is 2. The average Bonchev–Trinajstić information content (AvgIpc) is 1.82. The molecule has 0 aromatic carbocycles. The van der Waals surface area contributed by atoms with Gasteiger partial charge in [-0.3, -0.25) is 4.79 Å². The Balaban J connectivity index is 4.32. The second-order valence-corrected chi connectivity index (χ2v) is 2.99. The zero-order chi connectivity index (χ0) is 10.6. The van der Waals surface area contributed by atoms with Gasteiger partial charge in [-0.05, 0) is 20.8 Å². The smallest absolute Gasteiger partial charge is 0.350 e. The van der Waals surface area contributed by atoms with E-state index in [4.69, 9.17) is 0 Å². The van der Waals surface area contributed by atoms with E-state index in [1.165, 1.54) is 0 Å². The molecule has 0 radical (unpaired) electrons. The van der Waals surface area contributed by atoms with E-state index in [0.29, 0.717) is 6.08 Å². The predicted molar refractivity (Wildman–Crippen MR) is 43.1 cm³/mol. The van der Waals surface area contributed by atoms with Gasteiger partial charge in [-0.1, -0.05) is 0 Å². The van der Waals surface area contributed by atoms with Gasteiger partial charge >= 0.3 is 6.18 Å². The van der Waals surface area contributed by atoms with E-state index < -0.39 is 17.7 Å². The molecule has 0 rings (SSSR count). The van der Waals surface area contributed by atoms with Crippen molar-refractivity contribution < 1.29 is 18.0 Å². The minimum Gasteiger partial charge on any atom is -0.350 e. The summed E-state index contributed by atoms with van der Waals surface area (Å²) in [6.45, 7) is 4.21. The predicted octanol–water partition coefficient (Wildman–Crippen LogP) is 2.02. The molecule has 5 heteroatoms. The summed E-state index contributed by atoms with van der Waals surface area (Å²) in [7, 11) is 0. The molecule has 0 atom stereocenters. The molecule has 0 aromatic heterocycles. The first-order chi connectivity index (χ1) is 5.73. The number of hydrogen-bond donors (Lipinski definition) is 1. The van der Waals surface area contributed by atoms with Crippen LogP contribution < -0.4 is 5.32 Å². The van der Waals surface area contributed by atoms with Crippen LogP contribution in [0.1, 0.15) is 20.8 Å². The summed E-state index contributed by atoms with van der Waals surface area (Å²) in [5.74, 6) is -0.718. The van der Waals surface area contributed by atoms with E-state index in [-0.39, 0.29) is 6.04 Å². The Morgan fingerprint density at radius 1 is 1.38 bits per heavy atom. The number of nitrogens with one attached hydrogen (secondary N) is 1. The first kappa shape index (κ1) is 12.0. The lowest BCUT2D eigenvalue weighted by Gasteiger charge is -2.08. The first-order valence-corrected chi connectivity index (χ1v) is 3.79. The van der Waals surface area contributed by atoms with Crippen molar-refractivity contribution in [3.63, 3.8) is 0 Å². The highest BCUT2D eigenvalue weighted by Crippen LogP contribution is 2.24. The van der Waals surface area contributed by atoms with Crippen LogP contribution in [0, 0.1) is 0 Å². The van der Waals surface area contributed by atoms with Gasteiger partial charge in [-0.2, -0.15) is 13.2 Å². The van der Waals surface area contributed by atoms with Crippen LogP contribution in [0.15, 0.2) is 11.6 Å². The molecule has 0 spiro atoms. The van der Waals surface area contributed by atoms with Crippen LogP contribution in [0.5, 0.6) is 0 Å². The zero-order valence-corrected chi connectivity index (χ0v) is 7.70. The molecule has 0 unspecified atom stereocenters. The Morgan fingerprint density at radius 2 is 1.85 bits per heavy atom. The van der Waals surface area contributed by atoms with E-state index in [0.717, 1.165) is 6.92 Å². The number of alkyl halides is 3. The van der Waals surface area contributed by atoms with E-state index in [2.05, 4.69) is 5.32 Å². The Labute approximate surface area is 74.8 Å². The maximum atomic E-state index is 11.9. The first-order valence-electron chi connectivity index (χ1n) is 3.79. The van der Waals surface area contributed by atoms with Gasteiger partial charge in [-0.25, -0.2) is 0 Å². The molecule has 0 heterocycles. The van der Waals surface area contributed by atoms with E-state index in [1.54, 1.807) is 13.8 Å². The normalized spacial score (nSPS) is 13.3. The van der Waals surface area contributed by atoms with Crippen LogP contribution in [0.2, 0.25) is 0 Å². The maximum Gasteiger partial charge on any atom is 0.412 e. The van der Waals surface area contributed by atoms with Gasteiger partial charge in [0.15, 0.2) is 0 Å². The number of allylic oxidation sites excluding steroid dienone is 1. The molecule has 13 heavy (non-hydrogen) atoms. The highest BCUT2D eigenvalue weighted by Gasteiger charge is 2.30. The van der Waals surface area contributed by atoms with Gasteiger partial charge in [-0.15, -0.1) is 0 Å². The molecule has 0 aliphatic heterocycles. The van der Waals surface area contributed by atoms with Crippen LogP contribution >= 0.6 is 0 Å².